The molecule has 0 fully saturated rings. The highest BCUT2D eigenvalue weighted by atomic mass is 16.5. The van der Waals surface area contributed by atoms with Crippen molar-refractivity contribution in [1.82, 2.24) is 9.55 Å². The van der Waals surface area contributed by atoms with Gasteiger partial charge >= 0.3 is 0 Å². The van der Waals surface area contributed by atoms with E-state index >= 15 is 0 Å². The summed E-state index contributed by atoms with van der Waals surface area (Å²) in [6.07, 6.45) is -0.607. The lowest BCUT2D eigenvalue weighted by Gasteiger charge is -2.15. The molecule has 0 aliphatic heterocycles. The number of rotatable bonds is 6. The summed E-state index contributed by atoms with van der Waals surface area (Å²) in [6, 6.07) is 27.3. The first kappa shape index (κ1) is 16.4. The highest BCUT2D eigenvalue weighted by Gasteiger charge is 2.15. The molecule has 4 heteroatoms. The zero-order chi connectivity index (χ0) is 17.8. The van der Waals surface area contributed by atoms with Crippen molar-refractivity contribution in [1.29, 1.82) is 0 Å². The van der Waals surface area contributed by atoms with E-state index in [0.717, 1.165) is 28.2 Å². The lowest BCUT2D eigenvalue weighted by atomic mass is 10.1. The number of nitrogens with zero attached hydrogens (tertiary/aromatic N) is 2. The number of ether oxygens (including phenoxy) is 1. The van der Waals surface area contributed by atoms with Gasteiger partial charge in [-0.15, -0.1) is 0 Å². The van der Waals surface area contributed by atoms with E-state index in [1.54, 1.807) is 0 Å². The van der Waals surface area contributed by atoms with Crippen LogP contribution in [0.5, 0.6) is 5.75 Å². The summed E-state index contributed by atoms with van der Waals surface area (Å²) in [7, 11) is 0. The van der Waals surface area contributed by atoms with Gasteiger partial charge in [-0.1, -0.05) is 60.7 Å². The summed E-state index contributed by atoms with van der Waals surface area (Å²) >= 11 is 0. The molecule has 1 atom stereocenters. The van der Waals surface area contributed by atoms with Crippen LogP contribution in [0.2, 0.25) is 0 Å². The van der Waals surface area contributed by atoms with Gasteiger partial charge in [-0.2, -0.15) is 0 Å². The third kappa shape index (κ3) is 3.46. The summed E-state index contributed by atoms with van der Waals surface area (Å²) < 4.78 is 7.92. The average Bonchev–Trinajstić information content (AvgIpc) is 3.05. The fourth-order valence-electron chi connectivity index (χ4n) is 3.06. The molecule has 4 aromatic rings. The van der Waals surface area contributed by atoms with Crippen LogP contribution >= 0.6 is 0 Å². The van der Waals surface area contributed by atoms with Crippen molar-refractivity contribution in [3.05, 3.63) is 96.3 Å². The Morgan fingerprint density at radius 2 is 1.50 bits per heavy atom. The maximum absolute atomic E-state index is 10.7. The molecule has 1 aromatic heterocycles. The van der Waals surface area contributed by atoms with Gasteiger partial charge in [0.25, 0.3) is 0 Å². The summed E-state index contributed by atoms with van der Waals surface area (Å²) in [5.41, 5.74) is 2.79. The fourth-order valence-corrected chi connectivity index (χ4v) is 3.06. The van der Waals surface area contributed by atoms with E-state index in [9.17, 15) is 5.11 Å². The van der Waals surface area contributed by atoms with Crippen molar-refractivity contribution in [3.63, 3.8) is 0 Å². The second-order valence-electron chi connectivity index (χ2n) is 6.16. The molecule has 4 rings (SSSR count). The maximum Gasteiger partial charge on any atom is 0.148 e. The van der Waals surface area contributed by atoms with Crippen molar-refractivity contribution in [2.24, 2.45) is 0 Å². The lowest BCUT2D eigenvalue weighted by Crippen LogP contribution is -2.13. The van der Waals surface area contributed by atoms with Gasteiger partial charge in [-0.3, -0.25) is 0 Å². The second-order valence-corrected chi connectivity index (χ2v) is 6.16. The first-order valence-electron chi connectivity index (χ1n) is 8.66. The smallest absolute Gasteiger partial charge is 0.148 e. The van der Waals surface area contributed by atoms with Gasteiger partial charge in [0.2, 0.25) is 0 Å². The predicted octanol–water partition coefficient (Wildman–Crippen LogP) is 4.35. The van der Waals surface area contributed by atoms with Crippen LogP contribution in [0.1, 0.15) is 17.5 Å². The molecule has 0 saturated heterocycles. The monoisotopic (exact) mass is 344 g/mol. The first-order chi connectivity index (χ1) is 12.8. The van der Waals surface area contributed by atoms with Crippen LogP contribution in [0.25, 0.3) is 11.0 Å². The van der Waals surface area contributed by atoms with Gasteiger partial charge in [-0.05, 0) is 29.8 Å². The first-order valence-corrected chi connectivity index (χ1v) is 8.66. The number of hydrogen-bond acceptors (Lipinski definition) is 3. The Hall–Kier alpha value is -3.11. The minimum atomic E-state index is -0.607. The van der Waals surface area contributed by atoms with Crippen LogP contribution in [-0.4, -0.2) is 14.7 Å². The third-order valence-electron chi connectivity index (χ3n) is 4.38. The summed E-state index contributed by atoms with van der Waals surface area (Å²) in [5.74, 6) is 1.60. The standard InChI is InChI=1S/C22H20N2O2/c25-21(17-9-3-1-4-10-17)15-24-20-14-8-7-13-19(20)23-22(24)16-26-18-11-5-2-6-12-18/h1-14,21,25H,15-16H2/t21-/m1/s1. The van der Waals surface area contributed by atoms with Gasteiger partial charge in [0, 0.05) is 0 Å². The van der Waals surface area contributed by atoms with Crippen LogP contribution in [0.3, 0.4) is 0 Å². The molecule has 0 aliphatic rings. The van der Waals surface area contributed by atoms with Crippen molar-refractivity contribution >= 4 is 11.0 Å². The Balaban J connectivity index is 1.63. The van der Waals surface area contributed by atoms with E-state index < -0.39 is 6.10 Å². The average molecular weight is 344 g/mol. The second kappa shape index (κ2) is 7.42. The summed E-state index contributed by atoms with van der Waals surface area (Å²) in [4.78, 5) is 4.70. The summed E-state index contributed by atoms with van der Waals surface area (Å²) in [6.45, 7) is 0.776. The van der Waals surface area contributed by atoms with Crippen LogP contribution < -0.4 is 4.74 Å². The number of fused-ring (bicyclic) bond motifs is 1. The number of para-hydroxylation sites is 3. The number of aromatic nitrogens is 2. The van der Waals surface area contributed by atoms with Crippen LogP contribution in [0, 0.1) is 0 Å². The Labute approximate surface area is 152 Å². The summed E-state index contributed by atoms with van der Waals surface area (Å²) in [5, 5.41) is 10.7. The van der Waals surface area contributed by atoms with Gasteiger partial charge in [0.1, 0.15) is 18.2 Å². The van der Waals surface area contributed by atoms with E-state index in [1.807, 2.05) is 89.5 Å². The molecular formula is C22H20N2O2. The number of aliphatic hydroxyl groups is 1. The van der Waals surface area contributed by atoms with Crippen molar-refractivity contribution in [2.45, 2.75) is 19.3 Å². The number of hydrogen-bond donors (Lipinski definition) is 1. The Morgan fingerprint density at radius 3 is 2.27 bits per heavy atom. The highest BCUT2D eigenvalue weighted by Crippen LogP contribution is 2.22. The van der Waals surface area contributed by atoms with Crippen molar-refractivity contribution < 1.29 is 9.84 Å². The molecule has 0 saturated carbocycles. The van der Waals surface area contributed by atoms with Crippen LogP contribution in [-0.2, 0) is 13.2 Å². The molecule has 1 N–H and O–H groups in total. The zero-order valence-corrected chi connectivity index (χ0v) is 14.3. The van der Waals surface area contributed by atoms with Gasteiger partial charge < -0.3 is 14.4 Å². The van der Waals surface area contributed by atoms with E-state index in [2.05, 4.69) is 0 Å². The largest absolute Gasteiger partial charge is 0.486 e. The molecule has 0 aliphatic carbocycles. The topological polar surface area (TPSA) is 47.3 Å². The molecule has 26 heavy (non-hydrogen) atoms. The molecule has 1 heterocycles. The van der Waals surface area contributed by atoms with Crippen molar-refractivity contribution in [3.8, 4) is 5.75 Å². The molecule has 0 amide bonds. The molecule has 0 spiro atoms. The normalized spacial score (nSPS) is 12.2. The Bertz CT molecular complexity index is 981. The Morgan fingerprint density at radius 1 is 0.846 bits per heavy atom. The number of aliphatic hydroxyl groups excluding tert-OH is 1. The van der Waals surface area contributed by atoms with Gasteiger partial charge in [0.05, 0.1) is 23.7 Å². The van der Waals surface area contributed by atoms with E-state index in [1.165, 1.54) is 0 Å². The maximum atomic E-state index is 10.7. The third-order valence-corrected chi connectivity index (χ3v) is 4.38. The minimum absolute atomic E-state index is 0.347. The molecule has 0 radical (unpaired) electrons. The zero-order valence-electron chi connectivity index (χ0n) is 14.3. The molecule has 130 valence electrons. The quantitative estimate of drug-likeness (QED) is 0.566. The Kier molecular flexibility index (Phi) is 4.67. The van der Waals surface area contributed by atoms with E-state index in [0.29, 0.717) is 13.2 Å². The van der Waals surface area contributed by atoms with E-state index in [-0.39, 0.29) is 0 Å². The number of imidazole rings is 1. The van der Waals surface area contributed by atoms with E-state index in [4.69, 9.17) is 9.72 Å². The predicted molar refractivity (Wildman–Crippen MR) is 102 cm³/mol. The SMILES string of the molecule is O[C@H](Cn1c(COc2ccccc2)nc2ccccc21)c1ccccc1. The van der Waals surface area contributed by atoms with Crippen LogP contribution in [0.4, 0.5) is 0 Å². The fraction of sp³-hybridized carbons (Fsp3) is 0.136. The molecule has 4 nitrogen and oxygen atoms in total. The lowest BCUT2D eigenvalue weighted by molar-refractivity contribution is 0.154. The van der Waals surface area contributed by atoms with Gasteiger partial charge in [0.15, 0.2) is 0 Å². The molecule has 3 aromatic carbocycles. The molecule has 0 unspecified atom stereocenters. The molecule has 0 bridgehead atoms. The highest BCUT2D eigenvalue weighted by molar-refractivity contribution is 5.75. The van der Waals surface area contributed by atoms with Crippen LogP contribution in [0.15, 0.2) is 84.9 Å². The van der Waals surface area contributed by atoms with Gasteiger partial charge in [-0.25, -0.2) is 4.98 Å². The minimum Gasteiger partial charge on any atom is -0.486 e. The van der Waals surface area contributed by atoms with Crippen molar-refractivity contribution in [2.75, 3.05) is 0 Å². The molecular weight excluding hydrogens is 324 g/mol. The number of benzene rings is 3.